The summed E-state index contributed by atoms with van der Waals surface area (Å²) in [5.41, 5.74) is 4.28. The summed E-state index contributed by atoms with van der Waals surface area (Å²) in [5.74, 6) is -0.274. The van der Waals surface area contributed by atoms with Gasteiger partial charge in [-0.1, -0.05) is 18.3 Å². The number of hydrogen-bond donors (Lipinski definition) is 1. The number of dihydropyridines is 1. The summed E-state index contributed by atoms with van der Waals surface area (Å²) in [4.78, 5) is 20.9. The molecule has 0 aromatic carbocycles. The molecule has 3 heterocycles. The third-order valence-electron chi connectivity index (χ3n) is 4.19. The summed E-state index contributed by atoms with van der Waals surface area (Å²) in [6, 6.07) is 0. The molecular weight excluding hydrogens is 344 g/mol. The van der Waals surface area contributed by atoms with Crippen molar-refractivity contribution in [2.75, 3.05) is 39.8 Å². The molecule has 0 unspecified atom stereocenters. The number of carbonyl (C=O) groups is 1. The molecule has 0 bridgehead atoms. The molecule has 0 amide bonds. The SMILES string of the molecule is COC(=O)C1=C(CN2CCN(C=S)CC2)NC(c2nccs2)=CC1. The van der Waals surface area contributed by atoms with Crippen LogP contribution in [0.4, 0.5) is 0 Å². The predicted octanol–water partition coefficient (Wildman–Crippen LogP) is 1.48. The molecule has 2 aliphatic rings. The third-order valence-corrected chi connectivity index (χ3v) is 5.30. The first-order chi connectivity index (χ1) is 11.7. The number of thiocarbonyl (C=S) groups is 1. The highest BCUT2D eigenvalue weighted by Crippen LogP contribution is 2.25. The van der Waals surface area contributed by atoms with E-state index in [0.29, 0.717) is 18.5 Å². The summed E-state index contributed by atoms with van der Waals surface area (Å²) in [6.45, 7) is 4.36. The monoisotopic (exact) mass is 364 g/mol. The van der Waals surface area contributed by atoms with Crippen LogP contribution in [0.1, 0.15) is 11.4 Å². The van der Waals surface area contributed by atoms with Gasteiger partial charge in [0.1, 0.15) is 5.01 Å². The van der Waals surface area contributed by atoms with Crippen molar-refractivity contribution in [2.24, 2.45) is 0 Å². The molecule has 0 aliphatic carbocycles. The predicted molar refractivity (Wildman–Crippen MR) is 98.6 cm³/mol. The molecule has 1 aromatic rings. The molecule has 8 heteroatoms. The minimum Gasteiger partial charge on any atom is -0.466 e. The van der Waals surface area contributed by atoms with Crippen LogP contribution in [0.5, 0.6) is 0 Å². The van der Waals surface area contributed by atoms with Crippen LogP contribution in [0.3, 0.4) is 0 Å². The molecule has 3 rings (SSSR count). The Kier molecular flexibility index (Phi) is 5.60. The van der Waals surface area contributed by atoms with Crippen LogP contribution in [0.15, 0.2) is 28.9 Å². The molecule has 1 saturated heterocycles. The number of ether oxygens (including phenoxy) is 1. The lowest BCUT2D eigenvalue weighted by Crippen LogP contribution is -2.47. The van der Waals surface area contributed by atoms with Crippen molar-refractivity contribution in [3.8, 4) is 0 Å². The molecule has 0 atom stereocenters. The van der Waals surface area contributed by atoms with Crippen molar-refractivity contribution in [1.29, 1.82) is 0 Å². The van der Waals surface area contributed by atoms with E-state index in [9.17, 15) is 4.79 Å². The highest BCUT2D eigenvalue weighted by molar-refractivity contribution is 7.78. The van der Waals surface area contributed by atoms with Gasteiger partial charge in [0.15, 0.2) is 0 Å². The molecule has 0 spiro atoms. The van der Waals surface area contributed by atoms with E-state index in [0.717, 1.165) is 42.6 Å². The number of nitrogens with zero attached hydrogens (tertiary/aromatic N) is 3. The number of methoxy groups -OCH3 is 1. The fourth-order valence-corrected chi connectivity index (χ4v) is 3.67. The Morgan fingerprint density at radius 2 is 2.25 bits per heavy atom. The zero-order valence-corrected chi connectivity index (χ0v) is 15.2. The van der Waals surface area contributed by atoms with Crippen molar-refractivity contribution >= 4 is 40.7 Å². The molecule has 128 valence electrons. The minimum absolute atomic E-state index is 0.274. The lowest BCUT2D eigenvalue weighted by atomic mass is 10.0. The number of thiazole rings is 1. The van der Waals surface area contributed by atoms with Gasteiger partial charge in [-0.3, -0.25) is 4.90 Å². The van der Waals surface area contributed by atoms with E-state index in [-0.39, 0.29) is 5.97 Å². The van der Waals surface area contributed by atoms with Crippen LogP contribution < -0.4 is 5.32 Å². The first-order valence-corrected chi connectivity index (χ1v) is 9.15. The third kappa shape index (κ3) is 3.82. The number of hydrogen-bond acceptors (Lipinski definition) is 7. The highest BCUT2D eigenvalue weighted by Gasteiger charge is 2.24. The average molecular weight is 364 g/mol. The highest BCUT2D eigenvalue weighted by atomic mass is 32.1. The number of nitrogens with one attached hydrogen (secondary N) is 1. The van der Waals surface area contributed by atoms with Gasteiger partial charge in [0.25, 0.3) is 0 Å². The van der Waals surface area contributed by atoms with Crippen LogP contribution in [0.25, 0.3) is 5.70 Å². The Hall–Kier alpha value is -1.77. The van der Waals surface area contributed by atoms with Gasteiger partial charge in [-0.05, 0) is 0 Å². The second-order valence-corrected chi connectivity index (χ2v) is 6.76. The second-order valence-electron chi connectivity index (χ2n) is 5.65. The fourth-order valence-electron chi connectivity index (χ4n) is 2.83. The van der Waals surface area contributed by atoms with Gasteiger partial charge < -0.3 is 15.0 Å². The molecule has 24 heavy (non-hydrogen) atoms. The number of allylic oxidation sites excluding steroid dienone is 1. The number of aromatic nitrogens is 1. The Morgan fingerprint density at radius 1 is 1.46 bits per heavy atom. The van der Waals surface area contributed by atoms with Gasteiger partial charge >= 0.3 is 5.97 Å². The van der Waals surface area contributed by atoms with Gasteiger partial charge in [-0.25, -0.2) is 9.78 Å². The van der Waals surface area contributed by atoms with Crippen molar-refractivity contribution in [3.63, 3.8) is 0 Å². The zero-order valence-electron chi connectivity index (χ0n) is 13.5. The summed E-state index contributed by atoms with van der Waals surface area (Å²) in [7, 11) is 1.42. The number of rotatable bonds is 5. The van der Waals surface area contributed by atoms with E-state index in [1.54, 1.807) is 23.0 Å². The first kappa shape index (κ1) is 17.1. The Balaban J connectivity index is 1.73. The summed E-state index contributed by atoms with van der Waals surface area (Å²) in [6.07, 6.45) is 4.34. The van der Waals surface area contributed by atoms with Gasteiger partial charge in [0.2, 0.25) is 0 Å². The molecular formula is C16H20N4O2S2. The van der Waals surface area contributed by atoms with Crippen molar-refractivity contribution in [3.05, 3.63) is 33.9 Å². The second kappa shape index (κ2) is 7.87. The van der Waals surface area contributed by atoms with E-state index in [4.69, 9.17) is 17.0 Å². The van der Waals surface area contributed by atoms with Crippen molar-refractivity contribution in [1.82, 2.24) is 20.1 Å². The number of carbonyl (C=O) groups excluding carboxylic acids is 1. The standard InChI is InChI=1S/C16H20N4O2S2/c1-22-16(21)12-2-3-13(15-17-4-9-24-15)18-14(12)10-19-5-7-20(11-23)8-6-19/h3-4,9,11,18H,2,5-8,10H2,1H3. The van der Waals surface area contributed by atoms with Gasteiger partial charge in [-0.2, -0.15) is 0 Å². The first-order valence-electron chi connectivity index (χ1n) is 7.80. The van der Waals surface area contributed by atoms with E-state index < -0.39 is 0 Å². The van der Waals surface area contributed by atoms with Gasteiger partial charge in [-0.15, -0.1) is 11.3 Å². The molecule has 6 nitrogen and oxygen atoms in total. The molecule has 1 aromatic heterocycles. The largest absolute Gasteiger partial charge is 0.466 e. The van der Waals surface area contributed by atoms with Crippen LogP contribution in [-0.4, -0.2) is 66.1 Å². The van der Waals surface area contributed by atoms with E-state index in [1.807, 2.05) is 11.5 Å². The lowest BCUT2D eigenvalue weighted by molar-refractivity contribution is -0.136. The van der Waals surface area contributed by atoms with Crippen LogP contribution >= 0.6 is 23.6 Å². The minimum atomic E-state index is -0.274. The van der Waals surface area contributed by atoms with Crippen LogP contribution in [-0.2, 0) is 9.53 Å². The van der Waals surface area contributed by atoms with Gasteiger partial charge in [0.05, 0.1) is 23.9 Å². The molecule has 2 aliphatic heterocycles. The maximum absolute atomic E-state index is 12.1. The van der Waals surface area contributed by atoms with Gasteiger partial charge in [0, 0.05) is 56.4 Å². The number of piperazine rings is 1. The van der Waals surface area contributed by atoms with Crippen LogP contribution in [0, 0.1) is 0 Å². The van der Waals surface area contributed by atoms with E-state index in [1.165, 1.54) is 7.11 Å². The Bertz CT molecular complexity index is 662. The smallest absolute Gasteiger partial charge is 0.335 e. The molecule has 1 N–H and O–H groups in total. The summed E-state index contributed by atoms with van der Waals surface area (Å²) in [5, 5.41) is 6.28. The summed E-state index contributed by atoms with van der Waals surface area (Å²) >= 11 is 6.57. The van der Waals surface area contributed by atoms with E-state index >= 15 is 0 Å². The maximum Gasteiger partial charge on any atom is 0.335 e. The Morgan fingerprint density at radius 3 is 2.88 bits per heavy atom. The average Bonchev–Trinajstić information content (AvgIpc) is 3.16. The zero-order chi connectivity index (χ0) is 16.9. The number of esters is 1. The Labute approximate surface area is 150 Å². The van der Waals surface area contributed by atoms with Crippen LogP contribution in [0.2, 0.25) is 0 Å². The quantitative estimate of drug-likeness (QED) is 0.627. The topological polar surface area (TPSA) is 57.7 Å². The van der Waals surface area contributed by atoms with Crippen molar-refractivity contribution in [2.45, 2.75) is 6.42 Å². The molecule has 1 fully saturated rings. The van der Waals surface area contributed by atoms with Crippen molar-refractivity contribution < 1.29 is 9.53 Å². The fraction of sp³-hybridized carbons (Fsp3) is 0.438. The summed E-state index contributed by atoms with van der Waals surface area (Å²) < 4.78 is 4.94. The van der Waals surface area contributed by atoms with E-state index in [2.05, 4.69) is 20.1 Å². The molecule has 0 saturated carbocycles. The molecule has 0 radical (unpaired) electrons. The lowest BCUT2D eigenvalue weighted by Gasteiger charge is -2.35. The normalized spacial score (nSPS) is 18.9. The maximum atomic E-state index is 12.1.